The molecule has 0 aliphatic heterocycles. The Morgan fingerprint density at radius 3 is 2.68 bits per heavy atom. The zero-order valence-corrected chi connectivity index (χ0v) is 11.6. The fourth-order valence-electron chi connectivity index (χ4n) is 1.96. The van der Waals surface area contributed by atoms with Gasteiger partial charge in [0.15, 0.2) is 6.10 Å². The van der Waals surface area contributed by atoms with Gasteiger partial charge in [0.1, 0.15) is 12.0 Å². The van der Waals surface area contributed by atoms with Crippen LogP contribution in [0.15, 0.2) is 41.1 Å². The molecule has 0 saturated heterocycles. The maximum Gasteiger partial charge on any atom is 0.416 e. The minimum Gasteiger partial charge on any atom is -0.367 e. The lowest BCUT2D eigenvalue weighted by atomic mass is 10.0. The highest BCUT2D eigenvalue weighted by molar-refractivity contribution is 5.82. The number of nitrogens with zero attached hydrogens (tertiary/aromatic N) is 1. The van der Waals surface area contributed by atoms with E-state index in [0.717, 1.165) is 6.07 Å². The molecule has 2 aromatic rings. The molecule has 118 valence electrons. The molecule has 1 N–H and O–H groups in total. The monoisotopic (exact) mass is 314 g/mol. The van der Waals surface area contributed by atoms with Crippen LogP contribution in [0.1, 0.15) is 22.9 Å². The van der Waals surface area contributed by atoms with Crippen molar-refractivity contribution in [2.45, 2.75) is 18.8 Å². The Morgan fingerprint density at radius 2 is 2.09 bits per heavy atom. The molecule has 1 amide bonds. The number of nitrogens with one attached hydrogen (secondary N) is 1. The second-order valence-corrected chi connectivity index (χ2v) is 4.41. The maximum absolute atomic E-state index is 13.0. The Bertz CT molecular complexity index is 627. The van der Waals surface area contributed by atoms with Gasteiger partial charge in [0.05, 0.1) is 12.1 Å². The van der Waals surface area contributed by atoms with E-state index >= 15 is 0 Å². The predicted molar refractivity (Wildman–Crippen MR) is 69.5 cm³/mol. The second-order valence-electron chi connectivity index (χ2n) is 4.41. The quantitative estimate of drug-likeness (QED) is 0.921. The topological polar surface area (TPSA) is 64.4 Å². The van der Waals surface area contributed by atoms with E-state index in [-0.39, 0.29) is 12.1 Å². The van der Waals surface area contributed by atoms with Gasteiger partial charge in [-0.1, -0.05) is 23.4 Å². The van der Waals surface area contributed by atoms with Gasteiger partial charge in [0, 0.05) is 18.7 Å². The van der Waals surface area contributed by atoms with Crippen LogP contribution >= 0.6 is 0 Å². The van der Waals surface area contributed by atoms with Crippen LogP contribution < -0.4 is 5.32 Å². The molecule has 1 aromatic heterocycles. The van der Waals surface area contributed by atoms with Gasteiger partial charge in [0.25, 0.3) is 5.91 Å². The van der Waals surface area contributed by atoms with Crippen molar-refractivity contribution < 1.29 is 27.2 Å². The molecule has 0 fully saturated rings. The molecule has 1 unspecified atom stereocenters. The molecular formula is C14H13F3N2O3. The molecule has 0 aliphatic carbocycles. The lowest BCUT2D eigenvalue weighted by Crippen LogP contribution is -2.31. The summed E-state index contributed by atoms with van der Waals surface area (Å²) < 4.78 is 48.6. The Balaban J connectivity index is 2.19. The van der Waals surface area contributed by atoms with Crippen LogP contribution in [0, 0.1) is 0 Å². The molecule has 0 radical (unpaired) electrons. The largest absolute Gasteiger partial charge is 0.416 e. The molecule has 0 bridgehead atoms. The van der Waals surface area contributed by atoms with Crippen molar-refractivity contribution in [3.63, 3.8) is 0 Å². The van der Waals surface area contributed by atoms with Gasteiger partial charge in [-0.3, -0.25) is 4.79 Å². The summed E-state index contributed by atoms with van der Waals surface area (Å²) in [4.78, 5) is 12.1. The first-order valence-electron chi connectivity index (χ1n) is 6.29. The van der Waals surface area contributed by atoms with E-state index in [1.54, 1.807) is 0 Å². The molecule has 0 aliphatic rings. The number of carbonyl (C=O) groups excluding carboxylic acids is 1. The third kappa shape index (κ3) is 3.64. The van der Waals surface area contributed by atoms with E-state index in [1.807, 2.05) is 0 Å². The van der Waals surface area contributed by atoms with Crippen LogP contribution in [0.3, 0.4) is 0 Å². The van der Waals surface area contributed by atoms with Gasteiger partial charge in [-0.15, -0.1) is 0 Å². The Hall–Kier alpha value is -2.35. The summed E-state index contributed by atoms with van der Waals surface area (Å²) in [5.41, 5.74) is -0.694. The third-order valence-electron chi connectivity index (χ3n) is 2.96. The van der Waals surface area contributed by atoms with Crippen molar-refractivity contribution in [3.8, 4) is 0 Å². The molecular weight excluding hydrogens is 301 g/mol. The van der Waals surface area contributed by atoms with Crippen LogP contribution in [-0.2, 0) is 22.3 Å². The van der Waals surface area contributed by atoms with Gasteiger partial charge in [0.2, 0.25) is 0 Å². The first-order chi connectivity index (χ1) is 10.4. The van der Waals surface area contributed by atoms with Crippen LogP contribution in [-0.4, -0.2) is 18.2 Å². The predicted octanol–water partition coefficient (Wildman–Crippen LogP) is 2.70. The summed E-state index contributed by atoms with van der Waals surface area (Å²) in [5, 5.41) is 6.05. The number of alkyl halides is 3. The average molecular weight is 314 g/mol. The smallest absolute Gasteiger partial charge is 0.367 e. The molecule has 2 rings (SSSR count). The SMILES string of the molecule is COC(C(=O)NCc1ccon1)c1ccccc1C(F)(F)F. The number of rotatable bonds is 5. The molecule has 5 nitrogen and oxygen atoms in total. The van der Waals surface area contributed by atoms with E-state index in [1.165, 1.54) is 37.6 Å². The third-order valence-corrected chi connectivity index (χ3v) is 2.96. The van der Waals surface area contributed by atoms with Gasteiger partial charge < -0.3 is 14.6 Å². The zero-order chi connectivity index (χ0) is 16.2. The normalized spacial score (nSPS) is 12.9. The van der Waals surface area contributed by atoms with E-state index in [2.05, 4.69) is 15.0 Å². The summed E-state index contributed by atoms with van der Waals surface area (Å²) in [7, 11) is 1.17. The molecule has 22 heavy (non-hydrogen) atoms. The Morgan fingerprint density at radius 1 is 1.36 bits per heavy atom. The number of amides is 1. The molecule has 1 aromatic carbocycles. The highest BCUT2D eigenvalue weighted by atomic mass is 19.4. The molecule has 0 spiro atoms. The Labute approximate surface area is 124 Å². The van der Waals surface area contributed by atoms with E-state index in [4.69, 9.17) is 4.74 Å². The van der Waals surface area contributed by atoms with Crippen LogP contribution in [0.5, 0.6) is 0 Å². The lowest BCUT2D eigenvalue weighted by molar-refractivity contribution is -0.141. The second kappa shape index (κ2) is 6.61. The number of aromatic nitrogens is 1. The summed E-state index contributed by atoms with van der Waals surface area (Å²) in [6.07, 6.45) is -4.61. The first kappa shape index (κ1) is 16.0. The molecule has 1 atom stereocenters. The van der Waals surface area contributed by atoms with Crippen LogP contribution in [0.4, 0.5) is 13.2 Å². The number of hydrogen-bond donors (Lipinski definition) is 1. The van der Waals surface area contributed by atoms with Crippen molar-refractivity contribution in [1.29, 1.82) is 0 Å². The highest BCUT2D eigenvalue weighted by Crippen LogP contribution is 2.35. The maximum atomic E-state index is 13.0. The number of carbonyl (C=O) groups is 1. The molecule has 8 heteroatoms. The summed E-state index contributed by atoms with van der Waals surface area (Å²) >= 11 is 0. The lowest BCUT2D eigenvalue weighted by Gasteiger charge is -2.19. The summed E-state index contributed by atoms with van der Waals surface area (Å²) in [5.74, 6) is -0.692. The highest BCUT2D eigenvalue weighted by Gasteiger charge is 2.36. The Kier molecular flexibility index (Phi) is 4.81. The van der Waals surface area contributed by atoms with E-state index < -0.39 is 23.8 Å². The number of benzene rings is 1. The fraction of sp³-hybridized carbons (Fsp3) is 0.286. The van der Waals surface area contributed by atoms with Crippen molar-refractivity contribution in [1.82, 2.24) is 10.5 Å². The van der Waals surface area contributed by atoms with E-state index in [0.29, 0.717) is 5.69 Å². The minimum atomic E-state index is -4.57. The van der Waals surface area contributed by atoms with Crippen molar-refractivity contribution in [2.24, 2.45) is 0 Å². The van der Waals surface area contributed by atoms with Crippen LogP contribution in [0.2, 0.25) is 0 Å². The van der Waals surface area contributed by atoms with Crippen molar-refractivity contribution in [3.05, 3.63) is 53.4 Å². The number of halogens is 3. The average Bonchev–Trinajstić information content (AvgIpc) is 2.99. The van der Waals surface area contributed by atoms with Gasteiger partial charge in [-0.2, -0.15) is 13.2 Å². The van der Waals surface area contributed by atoms with Gasteiger partial charge >= 0.3 is 6.18 Å². The van der Waals surface area contributed by atoms with E-state index in [9.17, 15) is 18.0 Å². The number of methoxy groups -OCH3 is 1. The zero-order valence-electron chi connectivity index (χ0n) is 11.6. The summed E-state index contributed by atoms with van der Waals surface area (Å²) in [6, 6.07) is 6.33. The minimum absolute atomic E-state index is 0.0311. The number of hydrogen-bond acceptors (Lipinski definition) is 4. The molecule has 1 heterocycles. The number of ether oxygens (including phenoxy) is 1. The fourth-order valence-corrected chi connectivity index (χ4v) is 1.96. The van der Waals surface area contributed by atoms with Crippen LogP contribution in [0.25, 0.3) is 0 Å². The standard InChI is InChI=1S/C14H13F3N2O3/c1-21-12(13(20)18-8-9-6-7-22-19-9)10-4-2-3-5-11(10)14(15,16)17/h2-7,12H,8H2,1H3,(H,18,20). The van der Waals surface area contributed by atoms with Crippen molar-refractivity contribution in [2.75, 3.05) is 7.11 Å². The summed E-state index contributed by atoms with van der Waals surface area (Å²) in [6.45, 7) is 0.0311. The molecule has 0 saturated carbocycles. The van der Waals surface area contributed by atoms with Crippen molar-refractivity contribution >= 4 is 5.91 Å². The van der Waals surface area contributed by atoms with Gasteiger partial charge in [-0.05, 0) is 6.07 Å². The first-order valence-corrected chi connectivity index (χ1v) is 6.29. The van der Waals surface area contributed by atoms with Gasteiger partial charge in [-0.25, -0.2) is 0 Å².